The number of para-hydroxylation sites is 1. The Bertz CT molecular complexity index is 618. The maximum Gasteiger partial charge on any atom is 0.328 e. The summed E-state index contributed by atoms with van der Waals surface area (Å²) in [5.74, 6) is -0.916. The molecule has 0 heterocycles. The van der Waals surface area contributed by atoms with Crippen molar-refractivity contribution in [3.63, 3.8) is 0 Å². The number of benzene rings is 2. The predicted octanol–water partition coefficient (Wildman–Crippen LogP) is 3.80. The number of carbonyl (C=O) groups is 1. The highest BCUT2D eigenvalue weighted by Crippen LogP contribution is 2.27. The minimum Gasteiger partial charge on any atom is -0.478 e. The first-order valence-electron chi connectivity index (χ1n) is 6.45. The molecule has 0 saturated carbocycles. The molecule has 0 aromatic heterocycles. The number of rotatable bonds is 5. The van der Waals surface area contributed by atoms with E-state index in [1.807, 2.05) is 42.5 Å². The van der Waals surface area contributed by atoms with Crippen LogP contribution >= 0.6 is 0 Å². The molecule has 0 unspecified atom stereocenters. The van der Waals surface area contributed by atoms with Crippen molar-refractivity contribution in [2.75, 3.05) is 11.9 Å². The fraction of sp³-hybridized carbons (Fsp3) is 0.118. The lowest BCUT2D eigenvalue weighted by molar-refractivity contribution is -0.131. The molecule has 0 aliphatic heterocycles. The molecule has 3 nitrogen and oxygen atoms in total. The third kappa shape index (κ3) is 3.72. The van der Waals surface area contributed by atoms with Gasteiger partial charge in [0.2, 0.25) is 0 Å². The molecule has 0 atom stereocenters. The maximum absolute atomic E-state index is 10.6. The van der Waals surface area contributed by atoms with Crippen molar-refractivity contribution in [1.82, 2.24) is 0 Å². The van der Waals surface area contributed by atoms with Crippen molar-refractivity contribution in [1.29, 1.82) is 0 Å². The van der Waals surface area contributed by atoms with Crippen LogP contribution in [0.15, 0.2) is 66.2 Å². The number of nitrogens with one attached hydrogen (secondary N) is 1. The number of hydrogen-bond acceptors (Lipinski definition) is 2. The van der Waals surface area contributed by atoms with Gasteiger partial charge in [0.05, 0.1) is 0 Å². The Balaban J connectivity index is 2.19. The summed E-state index contributed by atoms with van der Waals surface area (Å²) in [6.45, 7) is 2.31. The zero-order valence-electron chi connectivity index (χ0n) is 11.3. The molecule has 20 heavy (non-hydrogen) atoms. The Morgan fingerprint density at radius 3 is 2.45 bits per heavy atom. The van der Waals surface area contributed by atoms with Gasteiger partial charge in [0, 0.05) is 23.9 Å². The van der Waals surface area contributed by atoms with E-state index < -0.39 is 5.97 Å². The smallest absolute Gasteiger partial charge is 0.328 e. The Hall–Kier alpha value is -2.55. The largest absolute Gasteiger partial charge is 0.478 e. The Morgan fingerprint density at radius 1 is 1.10 bits per heavy atom. The number of anilines is 1. The van der Waals surface area contributed by atoms with Crippen molar-refractivity contribution < 1.29 is 9.90 Å². The van der Waals surface area contributed by atoms with E-state index in [9.17, 15) is 4.79 Å². The fourth-order valence-electron chi connectivity index (χ4n) is 2.00. The van der Waals surface area contributed by atoms with Gasteiger partial charge in [-0.1, -0.05) is 48.5 Å². The molecule has 2 rings (SSSR count). The molecule has 0 aliphatic carbocycles. The van der Waals surface area contributed by atoms with Gasteiger partial charge in [-0.25, -0.2) is 4.79 Å². The molecule has 2 N–H and O–H groups in total. The zero-order valence-corrected chi connectivity index (χ0v) is 11.3. The van der Waals surface area contributed by atoms with E-state index in [4.69, 9.17) is 5.11 Å². The first-order valence-corrected chi connectivity index (χ1v) is 6.45. The van der Waals surface area contributed by atoms with E-state index in [1.54, 1.807) is 6.92 Å². The van der Waals surface area contributed by atoms with E-state index in [2.05, 4.69) is 17.4 Å². The van der Waals surface area contributed by atoms with Crippen LogP contribution in [0.1, 0.15) is 6.92 Å². The van der Waals surface area contributed by atoms with Gasteiger partial charge in [0.1, 0.15) is 0 Å². The number of aliphatic carboxylic acids is 1. The number of carboxylic acids is 1. The maximum atomic E-state index is 10.6. The average Bonchev–Trinajstić information content (AvgIpc) is 2.46. The van der Waals surface area contributed by atoms with Gasteiger partial charge < -0.3 is 10.4 Å². The summed E-state index contributed by atoms with van der Waals surface area (Å²) in [6, 6.07) is 18.1. The summed E-state index contributed by atoms with van der Waals surface area (Å²) in [7, 11) is 0. The van der Waals surface area contributed by atoms with Crippen LogP contribution < -0.4 is 5.32 Å². The second-order valence-electron chi connectivity index (χ2n) is 4.59. The molecule has 0 aliphatic rings. The summed E-state index contributed by atoms with van der Waals surface area (Å²) in [5.41, 5.74) is 4.02. The summed E-state index contributed by atoms with van der Waals surface area (Å²) >= 11 is 0. The number of carboxylic acid groups (broad SMARTS) is 1. The van der Waals surface area contributed by atoms with Crippen LogP contribution in [0.25, 0.3) is 11.1 Å². The lowest BCUT2D eigenvalue weighted by Crippen LogP contribution is -2.05. The molecule has 0 spiro atoms. The van der Waals surface area contributed by atoms with Crippen molar-refractivity contribution in [2.45, 2.75) is 6.92 Å². The third-order valence-electron chi connectivity index (χ3n) is 2.94. The van der Waals surface area contributed by atoms with Crippen LogP contribution in [-0.4, -0.2) is 17.6 Å². The van der Waals surface area contributed by atoms with Gasteiger partial charge in [-0.2, -0.15) is 0 Å². The Kier molecular flexibility index (Phi) is 4.56. The van der Waals surface area contributed by atoms with Gasteiger partial charge in [0.25, 0.3) is 0 Å². The molecule has 3 heteroatoms. The molecule has 0 fully saturated rings. The third-order valence-corrected chi connectivity index (χ3v) is 2.94. The van der Waals surface area contributed by atoms with Crippen molar-refractivity contribution in [3.05, 3.63) is 66.2 Å². The Labute approximate surface area is 118 Å². The second kappa shape index (κ2) is 6.57. The summed E-state index contributed by atoms with van der Waals surface area (Å²) in [5, 5.41) is 12.0. The summed E-state index contributed by atoms with van der Waals surface area (Å²) in [6.07, 6.45) is 1.22. The summed E-state index contributed by atoms with van der Waals surface area (Å²) < 4.78 is 0. The molecular weight excluding hydrogens is 250 g/mol. The van der Waals surface area contributed by atoms with Crippen LogP contribution in [0.3, 0.4) is 0 Å². The zero-order chi connectivity index (χ0) is 14.4. The van der Waals surface area contributed by atoms with E-state index in [0.29, 0.717) is 6.54 Å². The van der Waals surface area contributed by atoms with Gasteiger partial charge in [0.15, 0.2) is 0 Å². The normalized spacial score (nSPS) is 11.2. The monoisotopic (exact) mass is 267 g/mol. The van der Waals surface area contributed by atoms with Crippen LogP contribution in [0.2, 0.25) is 0 Å². The standard InChI is InChI=1S/C17H17NO2/c1-13(11-17(19)20)12-18-16-10-6-5-9-15(16)14-7-3-2-4-8-14/h2-11,18H,12H2,1H3,(H,19,20)/b13-11-. The van der Waals surface area contributed by atoms with Crippen LogP contribution in [0, 0.1) is 0 Å². The topological polar surface area (TPSA) is 49.3 Å². The van der Waals surface area contributed by atoms with Crippen LogP contribution in [-0.2, 0) is 4.79 Å². The van der Waals surface area contributed by atoms with Crippen molar-refractivity contribution in [3.8, 4) is 11.1 Å². The lowest BCUT2D eigenvalue weighted by Gasteiger charge is -2.12. The first-order chi connectivity index (χ1) is 9.66. The highest BCUT2D eigenvalue weighted by atomic mass is 16.4. The molecular formula is C17H17NO2. The van der Waals surface area contributed by atoms with Gasteiger partial charge >= 0.3 is 5.97 Å². The van der Waals surface area contributed by atoms with Crippen LogP contribution in [0.5, 0.6) is 0 Å². The SMILES string of the molecule is C/C(=C/C(=O)O)CNc1ccccc1-c1ccccc1. The average molecular weight is 267 g/mol. The molecule has 102 valence electrons. The Morgan fingerprint density at radius 2 is 1.75 bits per heavy atom. The van der Waals surface area contributed by atoms with Crippen LogP contribution in [0.4, 0.5) is 5.69 Å². The minimum absolute atomic E-state index is 0.510. The second-order valence-corrected chi connectivity index (χ2v) is 4.59. The predicted molar refractivity (Wildman–Crippen MR) is 81.8 cm³/mol. The first kappa shape index (κ1) is 13.9. The molecule has 0 saturated heterocycles. The quantitative estimate of drug-likeness (QED) is 0.810. The van der Waals surface area contributed by atoms with Crippen molar-refractivity contribution >= 4 is 11.7 Å². The molecule has 2 aromatic rings. The van der Waals surface area contributed by atoms with Gasteiger partial charge in [-0.05, 0) is 24.1 Å². The van der Waals surface area contributed by atoms with E-state index in [0.717, 1.165) is 22.4 Å². The summed E-state index contributed by atoms with van der Waals surface area (Å²) in [4.78, 5) is 10.6. The molecule has 2 aromatic carbocycles. The lowest BCUT2D eigenvalue weighted by atomic mass is 10.0. The van der Waals surface area contributed by atoms with Gasteiger partial charge in [-0.15, -0.1) is 0 Å². The van der Waals surface area contributed by atoms with Gasteiger partial charge in [-0.3, -0.25) is 0 Å². The van der Waals surface area contributed by atoms with E-state index in [1.165, 1.54) is 6.08 Å². The molecule has 0 amide bonds. The van der Waals surface area contributed by atoms with Crippen molar-refractivity contribution in [2.24, 2.45) is 0 Å². The van der Waals surface area contributed by atoms with E-state index in [-0.39, 0.29) is 0 Å². The molecule has 0 bridgehead atoms. The molecule has 0 radical (unpaired) electrons. The number of hydrogen-bond donors (Lipinski definition) is 2. The highest BCUT2D eigenvalue weighted by Gasteiger charge is 2.03. The fourth-order valence-corrected chi connectivity index (χ4v) is 2.00. The van der Waals surface area contributed by atoms with E-state index >= 15 is 0 Å². The highest BCUT2D eigenvalue weighted by molar-refractivity contribution is 5.81. The minimum atomic E-state index is -0.916.